The zero-order chi connectivity index (χ0) is 35.5. The van der Waals surface area contributed by atoms with E-state index in [0.717, 1.165) is 24.9 Å². The number of hydrogen-bond acceptors (Lipinski definition) is 9. The van der Waals surface area contributed by atoms with Crippen molar-refractivity contribution in [1.29, 1.82) is 0 Å². The number of fused-ring (bicyclic) bond motifs is 2. The lowest BCUT2D eigenvalue weighted by Crippen LogP contribution is -2.58. The van der Waals surface area contributed by atoms with Gasteiger partial charge in [0.05, 0.1) is 12.6 Å². The minimum Gasteiger partial charge on any atom is -0.350 e. The molecule has 2 aliphatic rings. The van der Waals surface area contributed by atoms with Crippen molar-refractivity contribution in [3.63, 3.8) is 0 Å². The largest absolute Gasteiger partial charge is 0.350 e. The molecule has 1 saturated carbocycles. The first-order valence-electron chi connectivity index (χ1n) is 17.2. The molecule has 49 heavy (non-hydrogen) atoms. The SMILES string of the molecule is CC[C@@H]1NC(=O)[C@@H](C)NC(=O)c2csc(n2)[C@H](C(C)C)NC(=O)CN(CC2CC2)C[C@H](Cc2ccccc2)NC(=O)[C@H](CCSC)NC1=O. The maximum atomic E-state index is 13.9. The van der Waals surface area contributed by atoms with Crippen molar-refractivity contribution in [3.8, 4) is 0 Å². The Morgan fingerprint density at radius 1 is 0.939 bits per heavy atom. The molecule has 0 radical (unpaired) electrons. The second-order valence-electron chi connectivity index (χ2n) is 13.4. The summed E-state index contributed by atoms with van der Waals surface area (Å²) < 4.78 is 0. The van der Waals surface area contributed by atoms with Gasteiger partial charge >= 0.3 is 0 Å². The van der Waals surface area contributed by atoms with Gasteiger partial charge in [-0.2, -0.15) is 11.8 Å². The van der Waals surface area contributed by atoms with Gasteiger partial charge in [-0.3, -0.25) is 28.9 Å². The molecule has 268 valence electrons. The molecule has 14 heteroatoms. The van der Waals surface area contributed by atoms with E-state index in [0.29, 0.717) is 36.1 Å². The van der Waals surface area contributed by atoms with E-state index >= 15 is 0 Å². The number of nitrogens with zero attached hydrogens (tertiary/aromatic N) is 2. The summed E-state index contributed by atoms with van der Waals surface area (Å²) in [5.41, 5.74) is 1.19. The van der Waals surface area contributed by atoms with E-state index in [4.69, 9.17) is 0 Å². The van der Waals surface area contributed by atoms with Crippen molar-refractivity contribution < 1.29 is 24.0 Å². The van der Waals surface area contributed by atoms with Crippen LogP contribution in [0.1, 0.15) is 80.5 Å². The fourth-order valence-electron chi connectivity index (χ4n) is 5.78. The highest BCUT2D eigenvalue weighted by molar-refractivity contribution is 7.98. The van der Waals surface area contributed by atoms with Crippen LogP contribution in [-0.2, 0) is 25.6 Å². The first-order chi connectivity index (χ1) is 23.5. The maximum Gasteiger partial charge on any atom is 0.271 e. The van der Waals surface area contributed by atoms with Crippen molar-refractivity contribution >= 4 is 52.6 Å². The van der Waals surface area contributed by atoms with Crippen molar-refractivity contribution in [1.82, 2.24) is 36.5 Å². The van der Waals surface area contributed by atoms with Crippen LogP contribution in [0.3, 0.4) is 0 Å². The van der Waals surface area contributed by atoms with Crippen LogP contribution < -0.4 is 26.6 Å². The van der Waals surface area contributed by atoms with Crippen LogP contribution in [0.4, 0.5) is 0 Å². The van der Waals surface area contributed by atoms with E-state index in [-0.39, 0.29) is 42.4 Å². The molecule has 5 amide bonds. The Hall–Kier alpha value is -3.49. The van der Waals surface area contributed by atoms with Gasteiger partial charge in [0.2, 0.25) is 23.6 Å². The summed E-state index contributed by atoms with van der Waals surface area (Å²) in [6, 6.07) is 6.44. The Kier molecular flexibility index (Phi) is 14.5. The molecule has 1 aromatic carbocycles. The van der Waals surface area contributed by atoms with Gasteiger partial charge in [0.1, 0.15) is 28.8 Å². The Bertz CT molecular complexity index is 1430. The molecular weight excluding hydrogens is 663 g/mol. The standard InChI is InChI=1S/C35H51N7O5S2/c1-6-26-32(45)39-27(14-15-48-5)33(46)37-25(16-23-10-8-7-9-11-23)18-42(17-24-12-13-24)19-29(43)41-30(21(2)3)35-40-28(20-49-35)34(47)36-22(4)31(44)38-26/h7-11,20-22,24-27,30H,6,12-19H2,1-5H3,(H,36,47)(H,37,46)(H,38,44)(H,39,45)(H,41,43)/t22-,25+,26+,27+,30+/m1/s1. The van der Waals surface area contributed by atoms with E-state index in [2.05, 4.69) is 36.5 Å². The summed E-state index contributed by atoms with van der Waals surface area (Å²) in [7, 11) is 0. The zero-order valence-electron chi connectivity index (χ0n) is 29.1. The summed E-state index contributed by atoms with van der Waals surface area (Å²) in [6.07, 6.45) is 5.37. The van der Waals surface area contributed by atoms with Gasteiger partial charge in [0.15, 0.2) is 0 Å². The molecule has 0 spiro atoms. The van der Waals surface area contributed by atoms with Crippen LogP contribution >= 0.6 is 23.1 Å². The highest BCUT2D eigenvalue weighted by Gasteiger charge is 2.32. The van der Waals surface area contributed by atoms with Gasteiger partial charge in [-0.15, -0.1) is 11.3 Å². The van der Waals surface area contributed by atoms with Crippen molar-refractivity contribution in [2.75, 3.05) is 31.6 Å². The van der Waals surface area contributed by atoms with Crippen molar-refractivity contribution in [3.05, 3.63) is 52.0 Å². The quantitative estimate of drug-likeness (QED) is 0.265. The monoisotopic (exact) mass is 713 g/mol. The predicted molar refractivity (Wildman–Crippen MR) is 193 cm³/mol. The van der Waals surface area contributed by atoms with E-state index in [1.807, 2.05) is 50.4 Å². The molecule has 0 unspecified atom stereocenters. The molecule has 2 aromatic rings. The van der Waals surface area contributed by atoms with Gasteiger partial charge < -0.3 is 26.6 Å². The van der Waals surface area contributed by atoms with Gasteiger partial charge in [0.25, 0.3) is 5.91 Å². The number of rotatable bonds is 9. The molecule has 5 atom stereocenters. The molecule has 2 heterocycles. The molecule has 1 aliphatic carbocycles. The third-order valence-corrected chi connectivity index (χ3v) is 10.3. The fraction of sp³-hybridized carbons (Fsp3) is 0.600. The topological polar surface area (TPSA) is 162 Å². The predicted octanol–water partition coefficient (Wildman–Crippen LogP) is 2.66. The fourth-order valence-corrected chi connectivity index (χ4v) is 7.27. The lowest BCUT2D eigenvalue weighted by atomic mass is 10.0. The summed E-state index contributed by atoms with van der Waals surface area (Å²) in [6.45, 7) is 8.58. The van der Waals surface area contributed by atoms with Crippen LogP contribution in [0.2, 0.25) is 0 Å². The first-order valence-corrected chi connectivity index (χ1v) is 19.5. The smallest absolute Gasteiger partial charge is 0.271 e. The molecule has 4 rings (SSSR count). The minimum atomic E-state index is -0.957. The normalized spacial score (nSPS) is 25.4. The number of amides is 5. The third kappa shape index (κ3) is 11.8. The van der Waals surface area contributed by atoms with Gasteiger partial charge in [-0.05, 0) is 68.4 Å². The average Bonchev–Trinajstić information content (AvgIpc) is 3.74. The van der Waals surface area contributed by atoms with Crippen LogP contribution in [0.15, 0.2) is 35.7 Å². The van der Waals surface area contributed by atoms with Crippen LogP contribution in [0.25, 0.3) is 0 Å². The first kappa shape index (κ1) is 38.3. The van der Waals surface area contributed by atoms with Crippen LogP contribution in [0, 0.1) is 11.8 Å². The molecular formula is C35H51N7O5S2. The number of hydrogen-bond donors (Lipinski definition) is 5. The zero-order valence-corrected chi connectivity index (χ0v) is 30.8. The van der Waals surface area contributed by atoms with E-state index < -0.39 is 41.9 Å². The molecule has 1 fully saturated rings. The number of benzene rings is 1. The lowest BCUT2D eigenvalue weighted by molar-refractivity contribution is -0.132. The highest BCUT2D eigenvalue weighted by atomic mass is 32.2. The number of carbonyl (C=O) groups excluding carboxylic acids is 5. The van der Waals surface area contributed by atoms with E-state index in [1.165, 1.54) is 18.3 Å². The number of carbonyl (C=O) groups is 5. The van der Waals surface area contributed by atoms with E-state index in [1.54, 1.807) is 24.1 Å². The van der Waals surface area contributed by atoms with Crippen LogP contribution in [-0.4, -0.2) is 95.2 Å². The molecule has 1 aromatic heterocycles. The molecule has 1 aliphatic heterocycles. The number of thiazole rings is 1. The van der Waals surface area contributed by atoms with Gasteiger partial charge in [-0.1, -0.05) is 51.1 Å². The molecule has 2 bridgehead atoms. The summed E-state index contributed by atoms with van der Waals surface area (Å²) in [4.78, 5) is 73.9. The van der Waals surface area contributed by atoms with Crippen molar-refractivity contribution in [2.45, 2.75) is 90.0 Å². The highest BCUT2D eigenvalue weighted by Crippen LogP contribution is 2.30. The summed E-state index contributed by atoms with van der Waals surface area (Å²) >= 11 is 2.85. The Balaban J connectivity index is 1.67. The Labute approximate surface area is 297 Å². The third-order valence-electron chi connectivity index (χ3n) is 8.76. The van der Waals surface area contributed by atoms with Gasteiger partial charge in [-0.25, -0.2) is 4.98 Å². The maximum absolute atomic E-state index is 13.9. The minimum absolute atomic E-state index is 0.00597. The van der Waals surface area contributed by atoms with Crippen LogP contribution in [0.5, 0.6) is 0 Å². The van der Waals surface area contributed by atoms with Crippen molar-refractivity contribution in [2.24, 2.45) is 11.8 Å². The number of aromatic nitrogens is 1. The second-order valence-corrected chi connectivity index (χ2v) is 15.3. The number of nitrogens with one attached hydrogen (secondary N) is 5. The average molecular weight is 714 g/mol. The van der Waals surface area contributed by atoms with Gasteiger partial charge in [0, 0.05) is 24.5 Å². The number of thioether (sulfide) groups is 1. The van der Waals surface area contributed by atoms with E-state index in [9.17, 15) is 24.0 Å². The Morgan fingerprint density at radius 3 is 2.29 bits per heavy atom. The molecule has 12 nitrogen and oxygen atoms in total. The Morgan fingerprint density at radius 2 is 1.63 bits per heavy atom. The molecule has 5 N–H and O–H groups in total. The molecule has 0 saturated heterocycles. The summed E-state index contributed by atoms with van der Waals surface area (Å²) in [5, 5.41) is 16.9. The lowest BCUT2D eigenvalue weighted by Gasteiger charge is -2.30. The summed E-state index contributed by atoms with van der Waals surface area (Å²) in [5.74, 6) is -0.900. The second kappa shape index (κ2) is 18.5.